The highest BCUT2D eigenvalue weighted by Gasteiger charge is 2.16. The Balaban J connectivity index is 4.09. The summed E-state index contributed by atoms with van der Waals surface area (Å²) in [5.74, 6) is 0.132. The average molecular weight is 141 g/mol. The molecule has 0 saturated heterocycles. The van der Waals surface area contributed by atoms with E-state index in [4.69, 9.17) is 5.26 Å². The third-order valence-corrected chi connectivity index (χ3v) is 1.30. The minimum atomic E-state index is -0.405. The molecule has 1 unspecified atom stereocenters. The summed E-state index contributed by atoms with van der Waals surface area (Å²) in [6.45, 7) is 3.74. The SMILES string of the molecule is CC(C)C(C#N)N(C)N=O. The van der Waals surface area contributed by atoms with Gasteiger partial charge in [0.05, 0.1) is 11.4 Å². The Morgan fingerprint density at radius 2 is 2.10 bits per heavy atom. The monoisotopic (exact) mass is 141 g/mol. The molecule has 0 spiro atoms. The number of hydrogen-bond donors (Lipinski definition) is 0. The molecule has 0 saturated carbocycles. The Hall–Kier alpha value is -1.11. The number of nitroso groups, excluding NO2 is 1. The lowest BCUT2D eigenvalue weighted by molar-refractivity contribution is 0.246. The van der Waals surface area contributed by atoms with Crippen molar-refractivity contribution >= 4 is 0 Å². The van der Waals surface area contributed by atoms with Crippen LogP contribution in [0.3, 0.4) is 0 Å². The quantitative estimate of drug-likeness (QED) is 0.437. The number of nitrogens with zero attached hydrogens (tertiary/aromatic N) is 3. The zero-order valence-corrected chi connectivity index (χ0v) is 6.40. The predicted octanol–water partition coefficient (Wildman–Crippen LogP) is 1.15. The van der Waals surface area contributed by atoms with Gasteiger partial charge in [-0.1, -0.05) is 13.8 Å². The molecule has 0 bridgehead atoms. The Morgan fingerprint density at radius 1 is 1.60 bits per heavy atom. The first-order chi connectivity index (χ1) is 4.63. The van der Waals surface area contributed by atoms with Crippen molar-refractivity contribution in [2.45, 2.75) is 19.9 Å². The summed E-state index contributed by atoms with van der Waals surface area (Å²) in [4.78, 5) is 9.93. The number of hydrogen-bond acceptors (Lipinski definition) is 3. The van der Waals surface area contributed by atoms with Crippen LogP contribution in [0.2, 0.25) is 0 Å². The van der Waals surface area contributed by atoms with Crippen molar-refractivity contribution in [3.05, 3.63) is 4.91 Å². The highest BCUT2D eigenvalue weighted by atomic mass is 16.3. The van der Waals surface area contributed by atoms with Crippen molar-refractivity contribution < 1.29 is 0 Å². The Labute approximate surface area is 60.4 Å². The van der Waals surface area contributed by atoms with Crippen molar-refractivity contribution in [1.82, 2.24) is 5.01 Å². The summed E-state index contributed by atoms with van der Waals surface area (Å²) < 4.78 is 0. The van der Waals surface area contributed by atoms with Crippen LogP contribution in [0.25, 0.3) is 0 Å². The first kappa shape index (κ1) is 8.89. The molecule has 1 atom stereocenters. The van der Waals surface area contributed by atoms with Crippen LogP contribution >= 0.6 is 0 Å². The summed E-state index contributed by atoms with van der Waals surface area (Å²) >= 11 is 0. The third-order valence-electron chi connectivity index (χ3n) is 1.30. The summed E-state index contributed by atoms with van der Waals surface area (Å²) in [5, 5.41) is 12.3. The number of nitriles is 1. The summed E-state index contributed by atoms with van der Waals surface area (Å²) in [6, 6.07) is 1.58. The lowest BCUT2D eigenvalue weighted by atomic mass is 10.1. The lowest BCUT2D eigenvalue weighted by Crippen LogP contribution is -2.29. The van der Waals surface area contributed by atoms with Crippen LogP contribution in [0.1, 0.15) is 13.8 Å². The van der Waals surface area contributed by atoms with Gasteiger partial charge in [0.2, 0.25) is 0 Å². The van der Waals surface area contributed by atoms with Gasteiger partial charge in [-0.3, -0.25) is 0 Å². The molecule has 0 amide bonds. The van der Waals surface area contributed by atoms with Gasteiger partial charge in [-0.25, -0.2) is 5.01 Å². The Bertz CT molecular complexity index is 150. The van der Waals surface area contributed by atoms with Gasteiger partial charge in [-0.2, -0.15) is 5.26 Å². The molecule has 56 valence electrons. The van der Waals surface area contributed by atoms with Crippen LogP contribution in [0.4, 0.5) is 0 Å². The van der Waals surface area contributed by atoms with Gasteiger partial charge in [0, 0.05) is 7.05 Å². The average Bonchev–Trinajstić information content (AvgIpc) is 1.88. The molecule has 0 aliphatic carbocycles. The minimum absolute atomic E-state index is 0.132. The van der Waals surface area contributed by atoms with Crippen LogP contribution in [-0.2, 0) is 0 Å². The predicted molar refractivity (Wildman–Crippen MR) is 37.8 cm³/mol. The second kappa shape index (κ2) is 3.83. The van der Waals surface area contributed by atoms with Gasteiger partial charge in [-0.15, -0.1) is 4.91 Å². The summed E-state index contributed by atoms with van der Waals surface area (Å²) in [6.07, 6.45) is 0. The second-order valence-electron chi connectivity index (χ2n) is 2.47. The molecule has 0 aromatic heterocycles. The minimum Gasteiger partial charge on any atom is -0.246 e. The summed E-state index contributed by atoms with van der Waals surface area (Å²) in [7, 11) is 1.50. The van der Waals surface area contributed by atoms with Crippen molar-refractivity contribution in [2.24, 2.45) is 11.2 Å². The molecule has 0 radical (unpaired) electrons. The zero-order chi connectivity index (χ0) is 8.15. The van der Waals surface area contributed by atoms with Gasteiger partial charge in [0.15, 0.2) is 0 Å². The van der Waals surface area contributed by atoms with Gasteiger partial charge in [0.25, 0.3) is 0 Å². The largest absolute Gasteiger partial charge is 0.246 e. The van der Waals surface area contributed by atoms with E-state index in [-0.39, 0.29) is 5.92 Å². The molecule has 0 aromatic carbocycles. The third kappa shape index (κ3) is 2.02. The van der Waals surface area contributed by atoms with E-state index in [2.05, 4.69) is 5.29 Å². The molecule has 4 nitrogen and oxygen atoms in total. The fraction of sp³-hybridized carbons (Fsp3) is 0.833. The van der Waals surface area contributed by atoms with E-state index in [1.54, 1.807) is 0 Å². The molecule has 0 heterocycles. The van der Waals surface area contributed by atoms with E-state index >= 15 is 0 Å². The second-order valence-corrected chi connectivity index (χ2v) is 2.47. The highest BCUT2D eigenvalue weighted by molar-refractivity contribution is 4.91. The summed E-state index contributed by atoms with van der Waals surface area (Å²) in [5.41, 5.74) is 0. The van der Waals surface area contributed by atoms with Gasteiger partial charge < -0.3 is 0 Å². The molecule has 0 aliphatic heterocycles. The van der Waals surface area contributed by atoms with E-state index in [9.17, 15) is 4.91 Å². The van der Waals surface area contributed by atoms with E-state index in [0.29, 0.717) is 0 Å². The fourth-order valence-corrected chi connectivity index (χ4v) is 0.715. The van der Waals surface area contributed by atoms with Gasteiger partial charge >= 0.3 is 0 Å². The van der Waals surface area contributed by atoms with Gasteiger partial charge in [-0.05, 0) is 5.92 Å². The molecule has 0 aromatic rings. The Morgan fingerprint density at radius 3 is 2.20 bits per heavy atom. The lowest BCUT2D eigenvalue weighted by Gasteiger charge is -2.18. The van der Waals surface area contributed by atoms with Crippen LogP contribution < -0.4 is 0 Å². The van der Waals surface area contributed by atoms with E-state index in [1.807, 2.05) is 19.9 Å². The fourth-order valence-electron chi connectivity index (χ4n) is 0.715. The highest BCUT2D eigenvalue weighted by Crippen LogP contribution is 2.07. The molecule has 0 N–H and O–H groups in total. The maximum Gasteiger partial charge on any atom is 0.138 e. The molecule has 0 fully saturated rings. The normalized spacial score (nSPS) is 12.3. The van der Waals surface area contributed by atoms with E-state index in [0.717, 1.165) is 5.01 Å². The first-order valence-corrected chi connectivity index (χ1v) is 3.09. The van der Waals surface area contributed by atoms with Crippen LogP contribution in [0.15, 0.2) is 5.29 Å². The van der Waals surface area contributed by atoms with Crippen molar-refractivity contribution in [3.63, 3.8) is 0 Å². The topological polar surface area (TPSA) is 56.5 Å². The smallest absolute Gasteiger partial charge is 0.138 e. The van der Waals surface area contributed by atoms with E-state index < -0.39 is 6.04 Å². The first-order valence-electron chi connectivity index (χ1n) is 3.09. The molecular weight excluding hydrogens is 130 g/mol. The Kier molecular flexibility index (Phi) is 3.40. The number of rotatable bonds is 3. The maximum atomic E-state index is 9.93. The van der Waals surface area contributed by atoms with Crippen LogP contribution in [-0.4, -0.2) is 18.1 Å². The maximum absolute atomic E-state index is 9.93. The molecule has 4 heteroatoms. The van der Waals surface area contributed by atoms with Crippen molar-refractivity contribution in [2.75, 3.05) is 7.05 Å². The van der Waals surface area contributed by atoms with Crippen LogP contribution in [0, 0.1) is 22.2 Å². The molecule has 10 heavy (non-hydrogen) atoms. The molecule has 0 rings (SSSR count). The van der Waals surface area contributed by atoms with Crippen molar-refractivity contribution in [1.29, 1.82) is 5.26 Å². The van der Waals surface area contributed by atoms with Crippen molar-refractivity contribution in [3.8, 4) is 6.07 Å². The molecule has 0 aliphatic rings. The zero-order valence-electron chi connectivity index (χ0n) is 6.40. The van der Waals surface area contributed by atoms with Gasteiger partial charge in [0.1, 0.15) is 6.04 Å². The van der Waals surface area contributed by atoms with E-state index in [1.165, 1.54) is 7.05 Å². The van der Waals surface area contributed by atoms with Crippen LogP contribution in [0.5, 0.6) is 0 Å². The standard InChI is InChI=1S/C6H11N3O/c1-5(2)6(4-7)9(3)8-10/h5-6H,1-3H3. The molecular formula is C6H11N3O.